The molecule has 2 fully saturated rings. The number of quaternary nitrogens is 1. The number of amides is 3. The highest BCUT2D eigenvalue weighted by Gasteiger charge is 2.39. The monoisotopic (exact) mass is 361 g/mol. The van der Waals surface area contributed by atoms with Crippen LogP contribution in [0.25, 0.3) is 0 Å². The summed E-state index contributed by atoms with van der Waals surface area (Å²) < 4.78 is 5.73. The third kappa shape index (κ3) is 3.93. The Kier molecular flexibility index (Phi) is 5.98. The molecule has 0 unspecified atom stereocenters. The Hall–Kier alpha value is -2.28. The Balaban J connectivity index is 1.56. The molecular formula is C19H29N4O3+. The van der Waals surface area contributed by atoms with E-state index in [0.717, 1.165) is 44.0 Å². The molecule has 0 spiro atoms. The summed E-state index contributed by atoms with van der Waals surface area (Å²) in [4.78, 5) is 29.5. The number of benzene rings is 1. The lowest BCUT2D eigenvalue weighted by Crippen LogP contribution is -3.16. The van der Waals surface area contributed by atoms with Gasteiger partial charge in [-0.2, -0.15) is 0 Å². The number of ether oxygens (including phenoxy) is 1. The minimum atomic E-state index is -0.341. The van der Waals surface area contributed by atoms with Crippen LogP contribution in [0.5, 0.6) is 5.75 Å². The Morgan fingerprint density at radius 1 is 1.19 bits per heavy atom. The van der Waals surface area contributed by atoms with Gasteiger partial charge < -0.3 is 19.9 Å². The van der Waals surface area contributed by atoms with Gasteiger partial charge in [0.2, 0.25) is 0 Å². The smallest absolute Gasteiger partial charge is 0.329 e. The number of nitrogens with one attached hydrogen (secondary N) is 2. The maximum absolute atomic E-state index is 12.4. The molecule has 2 heterocycles. The topological polar surface area (TPSA) is 66.3 Å². The Morgan fingerprint density at radius 3 is 2.62 bits per heavy atom. The first kappa shape index (κ1) is 18.5. The average Bonchev–Trinajstić information content (AvgIpc) is 2.91. The molecule has 2 aliphatic heterocycles. The maximum Gasteiger partial charge on any atom is 0.329 e. The number of anilines is 1. The second-order valence-electron chi connectivity index (χ2n) is 6.85. The van der Waals surface area contributed by atoms with E-state index in [4.69, 9.17) is 4.74 Å². The minimum Gasteiger partial charge on any atom is -0.492 e. The van der Waals surface area contributed by atoms with Crippen LogP contribution in [0.1, 0.15) is 26.7 Å². The molecule has 3 rings (SSSR count). The molecular weight excluding hydrogens is 332 g/mol. The number of para-hydroxylation sites is 2. The first-order valence-corrected chi connectivity index (χ1v) is 9.56. The van der Waals surface area contributed by atoms with Crippen molar-refractivity contribution in [2.24, 2.45) is 0 Å². The number of imide groups is 1. The fraction of sp³-hybridized carbons (Fsp3) is 0.579. The molecule has 1 atom stereocenters. The van der Waals surface area contributed by atoms with Crippen molar-refractivity contribution < 1.29 is 19.2 Å². The third-order valence-electron chi connectivity index (χ3n) is 5.04. The van der Waals surface area contributed by atoms with Crippen LogP contribution in [-0.2, 0) is 4.79 Å². The second kappa shape index (κ2) is 8.40. The highest BCUT2D eigenvalue weighted by Crippen LogP contribution is 2.27. The summed E-state index contributed by atoms with van der Waals surface area (Å²) in [6.45, 7) is 8.63. The second-order valence-corrected chi connectivity index (χ2v) is 6.85. The lowest BCUT2D eigenvalue weighted by molar-refractivity contribution is -0.907. The molecule has 2 N–H and O–H groups in total. The maximum atomic E-state index is 12.4. The van der Waals surface area contributed by atoms with Crippen LogP contribution < -0.4 is 19.9 Å². The standard InChI is InChI=1S/C19H28N4O3/c1-3-7-15-18(24)23(19(25)20-15)14-21-10-12-22(13-11-21)16-8-5-6-9-17(16)26-4-2/h5-6,8-9,15H,3-4,7,10-14H2,1-2H3,(H,20,25)/p+1/t15-/m1/s1. The van der Waals surface area contributed by atoms with Gasteiger partial charge in [0, 0.05) is 0 Å². The van der Waals surface area contributed by atoms with Gasteiger partial charge in [0.15, 0.2) is 6.67 Å². The molecule has 1 aromatic carbocycles. The zero-order chi connectivity index (χ0) is 18.5. The fourth-order valence-corrected chi connectivity index (χ4v) is 3.65. The van der Waals surface area contributed by atoms with Crippen molar-refractivity contribution in [2.45, 2.75) is 32.7 Å². The zero-order valence-electron chi connectivity index (χ0n) is 15.7. The van der Waals surface area contributed by atoms with Gasteiger partial charge in [-0.15, -0.1) is 0 Å². The largest absolute Gasteiger partial charge is 0.492 e. The number of hydrogen-bond donors (Lipinski definition) is 2. The minimum absolute atomic E-state index is 0.0755. The lowest BCUT2D eigenvalue weighted by Gasteiger charge is -2.35. The number of nitrogens with zero attached hydrogens (tertiary/aromatic N) is 2. The number of hydrogen-bond acceptors (Lipinski definition) is 4. The van der Waals surface area contributed by atoms with Crippen LogP contribution in [0.15, 0.2) is 24.3 Å². The molecule has 26 heavy (non-hydrogen) atoms. The quantitative estimate of drug-likeness (QED) is 0.693. The first-order chi connectivity index (χ1) is 12.6. The van der Waals surface area contributed by atoms with Crippen molar-refractivity contribution in [3.8, 4) is 5.75 Å². The molecule has 0 bridgehead atoms. The SMILES string of the molecule is CCC[C@H]1NC(=O)N(C[NH+]2CCN(c3ccccc3OCC)CC2)C1=O. The summed E-state index contributed by atoms with van der Waals surface area (Å²) >= 11 is 0. The first-order valence-electron chi connectivity index (χ1n) is 9.56. The number of carbonyl (C=O) groups is 2. The lowest BCUT2D eigenvalue weighted by atomic mass is 10.2. The predicted octanol–water partition coefficient (Wildman–Crippen LogP) is 0.468. The molecule has 7 heteroatoms. The summed E-state index contributed by atoms with van der Waals surface area (Å²) in [7, 11) is 0. The van der Waals surface area contributed by atoms with Gasteiger partial charge in [-0.3, -0.25) is 4.79 Å². The molecule has 2 aliphatic rings. The Morgan fingerprint density at radius 2 is 1.92 bits per heavy atom. The molecule has 142 valence electrons. The van der Waals surface area contributed by atoms with Gasteiger partial charge in [-0.25, -0.2) is 9.69 Å². The Bertz CT molecular complexity index is 643. The zero-order valence-corrected chi connectivity index (χ0v) is 15.7. The van der Waals surface area contributed by atoms with Gasteiger partial charge in [-0.05, 0) is 25.5 Å². The van der Waals surface area contributed by atoms with Crippen LogP contribution in [-0.4, -0.2) is 62.3 Å². The van der Waals surface area contributed by atoms with E-state index in [0.29, 0.717) is 19.7 Å². The normalized spacial score (nSPS) is 21.2. The summed E-state index contributed by atoms with van der Waals surface area (Å²) in [5, 5.41) is 2.80. The van der Waals surface area contributed by atoms with E-state index in [1.165, 1.54) is 9.80 Å². The van der Waals surface area contributed by atoms with E-state index >= 15 is 0 Å². The third-order valence-corrected chi connectivity index (χ3v) is 5.04. The molecule has 3 amide bonds. The molecule has 7 nitrogen and oxygen atoms in total. The van der Waals surface area contributed by atoms with Gasteiger partial charge in [0.1, 0.15) is 11.8 Å². The van der Waals surface area contributed by atoms with Crippen LogP contribution >= 0.6 is 0 Å². The summed E-state index contributed by atoms with van der Waals surface area (Å²) in [6.07, 6.45) is 1.59. The molecule has 1 aromatic rings. The van der Waals surface area contributed by atoms with Crippen molar-refractivity contribution in [2.75, 3.05) is 44.4 Å². The van der Waals surface area contributed by atoms with Crippen molar-refractivity contribution in [3.63, 3.8) is 0 Å². The van der Waals surface area contributed by atoms with Crippen LogP contribution in [0, 0.1) is 0 Å². The molecule has 0 saturated carbocycles. The van der Waals surface area contributed by atoms with Crippen molar-refractivity contribution in [3.05, 3.63) is 24.3 Å². The van der Waals surface area contributed by atoms with Gasteiger partial charge in [-0.1, -0.05) is 25.5 Å². The van der Waals surface area contributed by atoms with Crippen LogP contribution in [0.3, 0.4) is 0 Å². The summed E-state index contributed by atoms with van der Waals surface area (Å²) in [6, 6.07) is 7.51. The number of piperazine rings is 1. The fourth-order valence-electron chi connectivity index (χ4n) is 3.65. The van der Waals surface area contributed by atoms with E-state index in [1.807, 2.05) is 32.0 Å². The van der Waals surface area contributed by atoms with Crippen molar-refractivity contribution in [1.29, 1.82) is 0 Å². The number of urea groups is 1. The average molecular weight is 361 g/mol. The molecule has 0 aromatic heterocycles. The summed E-state index contributed by atoms with van der Waals surface area (Å²) in [5.74, 6) is 0.837. The Labute approximate surface area is 154 Å². The summed E-state index contributed by atoms with van der Waals surface area (Å²) in [5.41, 5.74) is 1.12. The molecule has 0 aliphatic carbocycles. The van der Waals surface area contributed by atoms with E-state index < -0.39 is 0 Å². The van der Waals surface area contributed by atoms with Crippen LogP contribution in [0.2, 0.25) is 0 Å². The van der Waals surface area contributed by atoms with E-state index in [-0.39, 0.29) is 18.0 Å². The van der Waals surface area contributed by atoms with E-state index in [9.17, 15) is 9.59 Å². The van der Waals surface area contributed by atoms with Crippen LogP contribution in [0.4, 0.5) is 10.5 Å². The van der Waals surface area contributed by atoms with E-state index in [2.05, 4.69) is 16.3 Å². The molecule has 0 radical (unpaired) electrons. The number of carbonyl (C=O) groups excluding carboxylic acids is 2. The predicted molar refractivity (Wildman–Crippen MR) is 99.5 cm³/mol. The van der Waals surface area contributed by atoms with Crippen molar-refractivity contribution >= 4 is 17.6 Å². The number of rotatable bonds is 7. The van der Waals surface area contributed by atoms with Crippen molar-refractivity contribution in [1.82, 2.24) is 10.2 Å². The van der Waals surface area contributed by atoms with Gasteiger partial charge in [0.05, 0.1) is 38.5 Å². The highest BCUT2D eigenvalue weighted by molar-refractivity contribution is 6.03. The highest BCUT2D eigenvalue weighted by atomic mass is 16.5. The van der Waals surface area contributed by atoms with Gasteiger partial charge >= 0.3 is 6.03 Å². The molecule has 2 saturated heterocycles. The van der Waals surface area contributed by atoms with Gasteiger partial charge in [0.25, 0.3) is 5.91 Å². The van der Waals surface area contributed by atoms with E-state index in [1.54, 1.807) is 0 Å².